The van der Waals surface area contributed by atoms with E-state index in [4.69, 9.17) is 38.0 Å². The second-order valence-corrected chi connectivity index (χ2v) is 9.53. The van der Waals surface area contributed by atoms with Crippen molar-refractivity contribution in [2.24, 2.45) is 0 Å². The Morgan fingerprint density at radius 1 is 1.06 bits per heavy atom. The van der Waals surface area contributed by atoms with E-state index in [0.717, 1.165) is 5.56 Å². The first-order chi connectivity index (χ1) is 17.4. The molecule has 7 nitrogen and oxygen atoms in total. The molecule has 184 valence electrons. The maximum Gasteiger partial charge on any atom is 0.270 e. The molecule has 36 heavy (non-hydrogen) atoms. The number of carbonyl (C=O) groups excluding carboxylic acids is 2. The molecule has 3 aromatic carbocycles. The second kappa shape index (κ2) is 11.5. The van der Waals surface area contributed by atoms with E-state index in [-0.39, 0.29) is 18.4 Å². The summed E-state index contributed by atoms with van der Waals surface area (Å²) in [7, 11) is 3.06. The zero-order chi connectivity index (χ0) is 25.7. The van der Waals surface area contributed by atoms with Gasteiger partial charge in [-0.05, 0) is 54.1 Å². The summed E-state index contributed by atoms with van der Waals surface area (Å²) < 4.78 is 16.4. The fraction of sp³-hybridized carbons (Fsp3) is 0.115. The van der Waals surface area contributed by atoms with Gasteiger partial charge in [-0.3, -0.25) is 14.5 Å². The van der Waals surface area contributed by atoms with Crippen molar-refractivity contribution in [2.45, 2.75) is 0 Å². The lowest BCUT2D eigenvalue weighted by atomic mass is 10.2. The average molecular weight is 541 g/mol. The minimum atomic E-state index is -0.314. The Kier molecular flexibility index (Phi) is 8.14. The largest absolute Gasteiger partial charge is 0.495 e. The smallest absolute Gasteiger partial charge is 0.270 e. The number of para-hydroxylation sites is 2. The van der Waals surface area contributed by atoms with Gasteiger partial charge in [-0.1, -0.05) is 59.8 Å². The average Bonchev–Trinajstić information content (AvgIpc) is 3.16. The van der Waals surface area contributed by atoms with Gasteiger partial charge in [0, 0.05) is 0 Å². The molecule has 0 bridgehead atoms. The molecule has 1 heterocycles. The van der Waals surface area contributed by atoms with Crippen LogP contribution in [0.15, 0.2) is 71.6 Å². The number of nitrogens with one attached hydrogen (secondary N) is 1. The van der Waals surface area contributed by atoms with Gasteiger partial charge < -0.3 is 19.5 Å². The standard InChI is InChI=1S/C26H21ClN2O5S2/c1-32-21-12-9-17(14-19(21)27)29-25(31)23(36-26(29)35)13-16-7-10-18(11-8-16)34-15-24(30)28-20-5-3-4-6-22(20)33-2/h3-14H,15H2,1-2H3,(H,28,30)/b23-13+. The third kappa shape index (κ3) is 5.81. The van der Waals surface area contributed by atoms with Crippen LogP contribution in [-0.2, 0) is 9.59 Å². The zero-order valence-corrected chi connectivity index (χ0v) is 21.7. The monoisotopic (exact) mass is 540 g/mol. The van der Waals surface area contributed by atoms with Crippen LogP contribution < -0.4 is 24.4 Å². The Balaban J connectivity index is 1.38. The fourth-order valence-electron chi connectivity index (χ4n) is 3.38. The van der Waals surface area contributed by atoms with Crippen molar-refractivity contribution in [2.75, 3.05) is 31.0 Å². The highest BCUT2D eigenvalue weighted by Gasteiger charge is 2.33. The van der Waals surface area contributed by atoms with Gasteiger partial charge in [-0.2, -0.15) is 0 Å². The number of methoxy groups -OCH3 is 2. The van der Waals surface area contributed by atoms with Crippen LogP contribution in [0, 0.1) is 0 Å². The van der Waals surface area contributed by atoms with E-state index < -0.39 is 0 Å². The Labute approximate surface area is 223 Å². The molecule has 1 saturated heterocycles. The van der Waals surface area contributed by atoms with E-state index in [9.17, 15) is 9.59 Å². The predicted molar refractivity (Wildman–Crippen MR) is 147 cm³/mol. The molecule has 1 aliphatic rings. The van der Waals surface area contributed by atoms with Gasteiger partial charge in [0.2, 0.25) is 0 Å². The van der Waals surface area contributed by atoms with Crippen LogP contribution in [-0.4, -0.2) is 37.0 Å². The zero-order valence-electron chi connectivity index (χ0n) is 19.3. The highest BCUT2D eigenvalue weighted by atomic mass is 35.5. The molecule has 0 saturated carbocycles. The number of benzene rings is 3. The van der Waals surface area contributed by atoms with Crippen molar-refractivity contribution in [1.82, 2.24) is 0 Å². The summed E-state index contributed by atoms with van der Waals surface area (Å²) in [6.07, 6.45) is 1.75. The van der Waals surface area contributed by atoms with Crippen LogP contribution in [0.5, 0.6) is 17.2 Å². The number of halogens is 1. The molecule has 0 aliphatic carbocycles. The normalized spacial score (nSPS) is 14.2. The third-order valence-corrected chi connectivity index (χ3v) is 6.71. The van der Waals surface area contributed by atoms with Gasteiger partial charge in [0.1, 0.15) is 17.2 Å². The maximum atomic E-state index is 13.0. The van der Waals surface area contributed by atoms with E-state index in [1.165, 1.54) is 30.9 Å². The number of carbonyl (C=O) groups is 2. The molecule has 1 aliphatic heterocycles. The lowest BCUT2D eigenvalue weighted by Gasteiger charge is -2.15. The molecule has 0 unspecified atom stereocenters. The SMILES string of the molecule is COc1ccc(N2C(=O)/C(=C\c3ccc(OCC(=O)Nc4ccccc4OC)cc3)SC2=S)cc1Cl. The maximum absolute atomic E-state index is 13.0. The predicted octanol–water partition coefficient (Wildman–Crippen LogP) is 5.78. The first kappa shape index (κ1) is 25.6. The first-order valence-corrected chi connectivity index (χ1v) is 12.3. The second-order valence-electron chi connectivity index (χ2n) is 7.44. The van der Waals surface area contributed by atoms with Gasteiger partial charge >= 0.3 is 0 Å². The molecule has 0 atom stereocenters. The van der Waals surface area contributed by atoms with Crippen LogP contribution >= 0.6 is 35.6 Å². The molecule has 1 N–H and O–H groups in total. The number of rotatable bonds is 8. The highest BCUT2D eigenvalue weighted by molar-refractivity contribution is 8.27. The molecule has 4 rings (SSSR count). The number of hydrogen-bond acceptors (Lipinski definition) is 7. The van der Waals surface area contributed by atoms with Crippen molar-refractivity contribution in [3.05, 3.63) is 82.2 Å². The van der Waals surface area contributed by atoms with Crippen LogP contribution in [0.2, 0.25) is 5.02 Å². The van der Waals surface area contributed by atoms with Gasteiger partial charge in [-0.25, -0.2) is 0 Å². The fourth-order valence-corrected chi connectivity index (χ4v) is 4.93. The Hall–Kier alpha value is -3.53. The van der Waals surface area contributed by atoms with Crippen LogP contribution in [0.25, 0.3) is 6.08 Å². The number of ether oxygens (including phenoxy) is 3. The van der Waals surface area contributed by atoms with Crippen molar-refractivity contribution in [1.29, 1.82) is 0 Å². The summed E-state index contributed by atoms with van der Waals surface area (Å²) >= 11 is 12.8. The first-order valence-electron chi connectivity index (χ1n) is 10.7. The minimum Gasteiger partial charge on any atom is -0.495 e. The van der Waals surface area contributed by atoms with Crippen LogP contribution in [0.4, 0.5) is 11.4 Å². The minimum absolute atomic E-state index is 0.166. The molecular formula is C26H21ClN2O5S2. The molecule has 0 radical (unpaired) electrons. The molecular weight excluding hydrogens is 520 g/mol. The number of nitrogens with zero attached hydrogens (tertiary/aromatic N) is 1. The van der Waals surface area contributed by atoms with E-state index in [0.29, 0.717) is 42.9 Å². The van der Waals surface area contributed by atoms with Crippen molar-refractivity contribution in [3.8, 4) is 17.2 Å². The number of anilines is 2. The summed E-state index contributed by atoms with van der Waals surface area (Å²) in [5, 5.41) is 3.15. The Morgan fingerprint density at radius 3 is 2.47 bits per heavy atom. The van der Waals surface area contributed by atoms with Crippen LogP contribution in [0.3, 0.4) is 0 Å². The van der Waals surface area contributed by atoms with E-state index in [2.05, 4.69) is 5.32 Å². The van der Waals surface area contributed by atoms with Crippen molar-refractivity contribution >= 4 is 69.2 Å². The lowest BCUT2D eigenvalue weighted by molar-refractivity contribution is -0.118. The highest BCUT2D eigenvalue weighted by Crippen LogP contribution is 2.38. The topological polar surface area (TPSA) is 77.1 Å². The quantitative estimate of drug-likeness (QED) is 0.286. The summed E-state index contributed by atoms with van der Waals surface area (Å²) in [6.45, 7) is -0.166. The van der Waals surface area contributed by atoms with E-state index in [1.807, 2.05) is 6.07 Å². The summed E-state index contributed by atoms with van der Waals surface area (Å²) in [5.41, 5.74) is 1.93. The summed E-state index contributed by atoms with van der Waals surface area (Å²) in [5.74, 6) is 1.05. The lowest BCUT2D eigenvalue weighted by Crippen LogP contribution is -2.27. The van der Waals surface area contributed by atoms with E-state index >= 15 is 0 Å². The number of amides is 2. The Bertz CT molecular complexity index is 1340. The summed E-state index contributed by atoms with van der Waals surface area (Å²) in [6, 6.07) is 19.2. The van der Waals surface area contributed by atoms with E-state index in [1.54, 1.807) is 66.7 Å². The number of thioether (sulfide) groups is 1. The molecule has 3 aromatic rings. The van der Waals surface area contributed by atoms with Gasteiger partial charge in [0.05, 0.1) is 35.5 Å². The van der Waals surface area contributed by atoms with Crippen molar-refractivity contribution in [3.63, 3.8) is 0 Å². The molecule has 1 fully saturated rings. The van der Waals surface area contributed by atoms with Gasteiger partial charge in [-0.15, -0.1) is 0 Å². The van der Waals surface area contributed by atoms with Gasteiger partial charge in [0.15, 0.2) is 10.9 Å². The number of hydrogen-bond donors (Lipinski definition) is 1. The summed E-state index contributed by atoms with van der Waals surface area (Å²) in [4.78, 5) is 27.2. The van der Waals surface area contributed by atoms with Crippen LogP contribution in [0.1, 0.15) is 5.56 Å². The molecule has 0 aromatic heterocycles. The number of thiocarbonyl (C=S) groups is 1. The van der Waals surface area contributed by atoms with Crippen molar-refractivity contribution < 1.29 is 23.8 Å². The molecule has 0 spiro atoms. The van der Waals surface area contributed by atoms with Gasteiger partial charge in [0.25, 0.3) is 11.8 Å². The molecule has 2 amide bonds. The third-order valence-electron chi connectivity index (χ3n) is 5.12. The molecule has 10 heteroatoms. The Morgan fingerprint density at radius 2 is 1.78 bits per heavy atom.